The van der Waals surface area contributed by atoms with E-state index in [1.807, 2.05) is 30.3 Å². The summed E-state index contributed by atoms with van der Waals surface area (Å²) in [5.74, 6) is 1.59. The number of benzene rings is 1. The molecule has 0 saturated heterocycles. The van der Waals surface area contributed by atoms with Gasteiger partial charge in [0.05, 0.1) is 17.2 Å². The minimum atomic E-state index is 0.601. The molecule has 1 N–H and O–H groups in total. The number of hydrogen-bond donors (Lipinski definition) is 1. The van der Waals surface area contributed by atoms with Crippen molar-refractivity contribution in [2.24, 2.45) is 0 Å². The molecule has 0 aliphatic rings. The smallest absolute Gasteiger partial charge is 0.183 e. The standard InChI is InChI=1S/C14H10Br2N2O2/c15-12-5-11(20-14(12)16)6-18-10-3-1-2-9(4-10)13-7-17-8-19-13/h1-5,7-8,18H,6H2. The lowest BCUT2D eigenvalue weighted by Gasteiger charge is -2.05. The highest BCUT2D eigenvalue weighted by atomic mass is 79.9. The molecule has 0 amide bonds. The maximum atomic E-state index is 5.52. The average Bonchev–Trinajstić information content (AvgIpc) is 3.08. The van der Waals surface area contributed by atoms with Gasteiger partial charge in [0, 0.05) is 11.3 Å². The first kappa shape index (κ1) is 13.5. The molecule has 2 heterocycles. The van der Waals surface area contributed by atoms with Gasteiger partial charge in [-0.25, -0.2) is 4.98 Å². The molecule has 0 aliphatic heterocycles. The van der Waals surface area contributed by atoms with E-state index in [-0.39, 0.29) is 0 Å². The summed E-state index contributed by atoms with van der Waals surface area (Å²) in [7, 11) is 0. The van der Waals surface area contributed by atoms with Crippen molar-refractivity contribution >= 4 is 37.5 Å². The van der Waals surface area contributed by atoms with Crippen LogP contribution in [0.15, 0.2) is 60.9 Å². The Bertz CT molecular complexity index is 688. The maximum Gasteiger partial charge on any atom is 0.183 e. The maximum absolute atomic E-state index is 5.52. The van der Waals surface area contributed by atoms with Crippen LogP contribution in [0.5, 0.6) is 0 Å². The SMILES string of the molecule is Brc1cc(CNc2cccc(-c3cnco3)c2)oc1Br. The number of nitrogens with zero attached hydrogens (tertiary/aromatic N) is 1. The highest BCUT2D eigenvalue weighted by Gasteiger charge is 2.06. The number of oxazole rings is 1. The molecule has 6 heteroatoms. The van der Waals surface area contributed by atoms with Gasteiger partial charge in [0.15, 0.2) is 16.8 Å². The van der Waals surface area contributed by atoms with Gasteiger partial charge in [0.25, 0.3) is 0 Å². The van der Waals surface area contributed by atoms with E-state index >= 15 is 0 Å². The predicted molar refractivity (Wildman–Crippen MR) is 83.4 cm³/mol. The zero-order chi connectivity index (χ0) is 13.9. The first-order valence-electron chi connectivity index (χ1n) is 5.89. The summed E-state index contributed by atoms with van der Waals surface area (Å²) in [5.41, 5.74) is 1.97. The van der Waals surface area contributed by atoms with Crippen molar-refractivity contribution in [2.45, 2.75) is 6.54 Å². The topological polar surface area (TPSA) is 51.2 Å². The number of nitrogens with one attached hydrogen (secondary N) is 1. The van der Waals surface area contributed by atoms with Crippen molar-refractivity contribution in [2.75, 3.05) is 5.32 Å². The second kappa shape index (κ2) is 5.85. The predicted octanol–water partition coefficient (Wildman–Crippen LogP) is 5.07. The Kier molecular flexibility index (Phi) is 3.93. The molecule has 0 atom stereocenters. The average molecular weight is 398 g/mol. The lowest BCUT2D eigenvalue weighted by atomic mass is 10.1. The number of hydrogen-bond acceptors (Lipinski definition) is 4. The lowest BCUT2D eigenvalue weighted by Crippen LogP contribution is -1.97. The summed E-state index contributed by atoms with van der Waals surface area (Å²) < 4.78 is 12.4. The van der Waals surface area contributed by atoms with Gasteiger partial charge in [-0.2, -0.15) is 0 Å². The van der Waals surface area contributed by atoms with Crippen LogP contribution in [0, 0.1) is 0 Å². The summed E-state index contributed by atoms with van der Waals surface area (Å²) in [5, 5.41) is 3.31. The van der Waals surface area contributed by atoms with Crippen molar-refractivity contribution in [3.8, 4) is 11.3 Å². The van der Waals surface area contributed by atoms with Gasteiger partial charge in [-0.05, 0) is 50.1 Å². The highest BCUT2D eigenvalue weighted by molar-refractivity contribution is 9.13. The van der Waals surface area contributed by atoms with Gasteiger partial charge >= 0.3 is 0 Å². The Labute approximate surface area is 132 Å². The van der Waals surface area contributed by atoms with Gasteiger partial charge in [-0.1, -0.05) is 12.1 Å². The normalized spacial score (nSPS) is 10.7. The van der Waals surface area contributed by atoms with Gasteiger partial charge in [-0.15, -0.1) is 0 Å². The molecule has 0 fully saturated rings. The molecular formula is C14H10Br2N2O2. The molecular weight excluding hydrogens is 388 g/mol. The lowest BCUT2D eigenvalue weighted by molar-refractivity contribution is 0.494. The van der Waals surface area contributed by atoms with Crippen LogP contribution in [0.4, 0.5) is 5.69 Å². The third-order valence-electron chi connectivity index (χ3n) is 2.74. The van der Waals surface area contributed by atoms with Crippen LogP contribution in [-0.4, -0.2) is 4.98 Å². The Hall–Kier alpha value is -1.53. The summed E-state index contributed by atoms with van der Waals surface area (Å²) in [6.45, 7) is 0.601. The minimum Gasteiger partial charge on any atom is -0.451 e. The molecule has 2 aromatic heterocycles. The first-order valence-corrected chi connectivity index (χ1v) is 7.47. The second-order valence-electron chi connectivity index (χ2n) is 4.13. The van der Waals surface area contributed by atoms with Crippen molar-refractivity contribution in [1.29, 1.82) is 0 Å². The van der Waals surface area contributed by atoms with E-state index in [9.17, 15) is 0 Å². The van der Waals surface area contributed by atoms with Crippen LogP contribution in [-0.2, 0) is 6.54 Å². The largest absolute Gasteiger partial charge is 0.451 e. The molecule has 0 spiro atoms. The van der Waals surface area contributed by atoms with E-state index in [2.05, 4.69) is 42.2 Å². The van der Waals surface area contributed by atoms with E-state index < -0.39 is 0 Å². The molecule has 0 unspecified atom stereocenters. The van der Waals surface area contributed by atoms with Gasteiger partial charge < -0.3 is 14.2 Å². The monoisotopic (exact) mass is 396 g/mol. The van der Waals surface area contributed by atoms with Gasteiger partial charge in [0.2, 0.25) is 0 Å². The first-order chi connectivity index (χ1) is 9.72. The van der Waals surface area contributed by atoms with E-state index in [1.165, 1.54) is 6.39 Å². The van der Waals surface area contributed by atoms with Crippen LogP contribution < -0.4 is 5.32 Å². The molecule has 20 heavy (non-hydrogen) atoms. The van der Waals surface area contributed by atoms with Crippen LogP contribution in [0.3, 0.4) is 0 Å². The van der Waals surface area contributed by atoms with E-state index in [1.54, 1.807) is 6.20 Å². The van der Waals surface area contributed by atoms with Crippen LogP contribution in [0.25, 0.3) is 11.3 Å². The molecule has 1 aromatic carbocycles. The second-order valence-corrected chi connectivity index (χ2v) is 5.71. The van der Waals surface area contributed by atoms with E-state index in [4.69, 9.17) is 8.83 Å². The molecule has 0 bridgehead atoms. The molecule has 0 aliphatic carbocycles. The van der Waals surface area contributed by atoms with Crippen molar-refractivity contribution in [3.63, 3.8) is 0 Å². The number of furan rings is 1. The van der Waals surface area contributed by atoms with Crippen molar-refractivity contribution < 1.29 is 8.83 Å². The molecule has 4 nitrogen and oxygen atoms in total. The summed E-state index contributed by atoms with van der Waals surface area (Å²) in [6, 6.07) is 9.87. The van der Waals surface area contributed by atoms with E-state index in [0.717, 1.165) is 27.2 Å². The number of rotatable bonds is 4. The fourth-order valence-electron chi connectivity index (χ4n) is 1.81. The Balaban J connectivity index is 1.73. The third kappa shape index (κ3) is 2.96. The zero-order valence-corrected chi connectivity index (χ0v) is 13.4. The van der Waals surface area contributed by atoms with Crippen molar-refractivity contribution in [3.05, 3.63) is 57.8 Å². The minimum absolute atomic E-state index is 0.601. The number of anilines is 1. The summed E-state index contributed by atoms with van der Waals surface area (Å²) in [6.07, 6.45) is 3.12. The Morgan fingerprint density at radius 2 is 2.10 bits per heavy atom. The fraction of sp³-hybridized carbons (Fsp3) is 0.0714. The molecule has 102 valence electrons. The fourth-order valence-corrected chi connectivity index (χ4v) is 2.47. The van der Waals surface area contributed by atoms with Crippen LogP contribution in [0.2, 0.25) is 0 Å². The number of aromatic nitrogens is 1. The molecule has 0 saturated carbocycles. The third-order valence-corrected chi connectivity index (χ3v) is 4.45. The van der Waals surface area contributed by atoms with Crippen LogP contribution >= 0.6 is 31.9 Å². The zero-order valence-electron chi connectivity index (χ0n) is 10.3. The quantitative estimate of drug-likeness (QED) is 0.667. The van der Waals surface area contributed by atoms with Crippen LogP contribution in [0.1, 0.15) is 5.76 Å². The molecule has 3 rings (SSSR count). The number of halogens is 2. The summed E-state index contributed by atoms with van der Waals surface area (Å²) in [4.78, 5) is 3.92. The van der Waals surface area contributed by atoms with Crippen molar-refractivity contribution in [1.82, 2.24) is 4.98 Å². The van der Waals surface area contributed by atoms with Gasteiger partial charge in [-0.3, -0.25) is 0 Å². The molecule has 0 radical (unpaired) electrons. The Morgan fingerprint density at radius 1 is 1.20 bits per heavy atom. The van der Waals surface area contributed by atoms with Gasteiger partial charge in [0.1, 0.15) is 5.76 Å². The Morgan fingerprint density at radius 3 is 2.80 bits per heavy atom. The highest BCUT2D eigenvalue weighted by Crippen LogP contribution is 2.27. The summed E-state index contributed by atoms with van der Waals surface area (Å²) >= 11 is 6.71. The molecule has 3 aromatic rings. The van der Waals surface area contributed by atoms with E-state index in [0.29, 0.717) is 11.2 Å².